The van der Waals surface area contributed by atoms with E-state index in [1.807, 2.05) is 6.07 Å². The molecule has 0 saturated carbocycles. The van der Waals surface area contributed by atoms with Crippen molar-refractivity contribution in [1.82, 2.24) is 0 Å². The van der Waals surface area contributed by atoms with Crippen LogP contribution in [0.15, 0.2) is 12.1 Å². The van der Waals surface area contributed by atoms with E-state index in [-0.39, 0.29) is 5.41 Å². The molecule has 0 N–H and O–H groups in total. The van der Waals surface area contributed by atoms with Crippen LogP contribution >= 0.6 is 11.3 Å². The molecule has 0 aliphatic rings. The van der Waals surface area contributed by atoms with Gasteiger partial charge in [0.15, 0.2) is 5.78 Å². The van der Waals surface area contributed by atoms with Crippen molar-refractivity contribution < 1.29 is 4.79 Å². The van der Waals surface area contributed by atoms with E-state index in [0.29, 0.717) is 5.78 Å². The zero-order chi connectivity index (χ0) is 14.3. The van der Waals surface area contributed by atoms with Crippen LogP contribution in [0.1, 0.15) is 87.2 Å². The second kappa shape index (κ2) is 7.84. The Morgan fingerprint density at radius 2 is 1.68 bits per heavy atom. The van der Waals surface area contributed by atoms with E-state index in [9.17, 15) is 4.79 Å². The highest BCUT2D eigenvalue weighted by Crippen LogP contribution is 2.30. The van der Waals surface area contributed by atoms with Gasteiger partial charge in [0.25, 0.3) is 0 Å². The zero-order valence-electron chi connectivity index (χ0n) is 12.9. The molecule has 19 heavy (non-hydrogen) atoms. The molecule has 0 amide bonds. The van der Waals surface area contributed by atoms with E-state index in [4.69, 9.17) is 0 Å². The minimum absolute atomic E-state index is 0.156. The van der Waals surface area contributed by atoms with Gasteiger partial charge in [-0.25, -0.2) is 0 Å². The normalized spacial score (nSPS) is 11.8. The van der Waals surface area contributed by atoms with Crippen LogP contribution in [0.25, 0.3) is 0 Å². The molecule has 0 aliphatic heterocycles. The van der Waals surface area contributed by atoms with Crippen LogP contribution < -0.4 is 0 Å². The first-order chi connectivity index (χ1) is 8.95. The lowest BCUT2D eigenvalue weighted by Gasteiger charge is -2.15. The summed E-state index contributed by atoms with van der Waals surface area (Å²) < 4.78 is 0. The minimum Gasteiger partial charge on any atom is -0.293 e. The molecule has 1 nitrogen and oxygen atoms in total. The van der Waals surface area contributed by atoms with Crippen molar-refractivity contribution in [2.75, 3.05) is 0 Å². The van der Waals surface area contributed by atoms with E-state index >= 15 is 0 Å². The largest absolute Gasteiger partial charge is 0.293 e. The smallest absolute Gasteiger partial charge is 0.172 e. The van der Waals surface area contributed by atoms with Gasteiger partial charge >= 0.3 is 0 Å². The standard InChI is InChI=1S/C17H28OS/c1-5-6-7-8-9-10-11-14(18)15-12-13-16(19-15)17(2,3)4/h12-13H,5-11H2,1-4H3. The number of carbonyl (C=O) groups excluding carboxylic acids is 1. The summed E-state index contributed by atoms with van der Waals surface area (Å²) in [6.07, 6.45) is 8.17. The molecule has 1 heterocycles. The zero-order valence-corrected chi connectivity index (χ0v) is 13.7. The lowest BCUT2D eigenvalue weighted by atomic mass is 9.95. The molecule has 2 heteroatoms. The first-order valence-corrected chi connectivity index (χ1v) is 8.40. The molecule has 0 aromatic carbocycles. The first kappa shape index (κ1) is 16.4. The maximum atomic E-state index is 12.1. The second-order valence-corrected chi connectivity index (χ2v) is 7.44. The molecule has 1 aromatic rings. The number of unbranched alkanes of at least 4 members (excludes halogenated alkanes) is 5. The van der Waals surface area contributed by atoms with Gasteiger partial charge in [0.2, 0.25) is 0 Å². The van der Waals surface area contributed by atoms with Crippen LogP contribution in [0, 0.1) is 0 Å². The van der Waals surface area contributed by atoms with E-state index in [2.05, 4.69) is 33.8 Å². The van der Waals surface area contributed by atoms with Gasteiger partial charge in [0.05, 0.1) is 4.88 Å². The Hall–Kier alpha value is -0.630. The van der Waals surface area contributed by atoms with Crippen LogP contribution in [-0.2, 0) is 5.41 Å². The molecular formula is C17H28OS. The van der Waals surface area contributed by atoms with Gasteiger partial charge in [-0.1, -0.05) is 59.8 Å². The Morgan fingerprint density at radius 3 is 2.26 bits per heavy atom. The van der Waals surface area contributed by atoms with Crippen LogP contribution in [0.3, 0.4) is 0 Å². The third kappa shape index (κ3) is 5.90. The summed E-state index contributed by atoms with van der Waals surface area (Å²) in [6.45, 7) is 8.82. The summed E-state index contributed by atoms with van der Waals surface area (Å²) in [5, 5.41) is 0. The highest BCUT2D eigenvalue weighted by molar-refractivity contribution is 7.14. The van der Waals surface area contributed by atoms with E-state index in [0.717, 1.165) is 17.7 Å². The van der Waals surface area contributed by atoms with Gasteiger partial charge in [-0.3, -0.25) is 4.79 Å². The van der Waals surface area contributed by atoms with E-state index < -0.39 is 0 Å². The number of hydrogen-bond acceptors (Lipinski definition) is 2. The molecule has 1 aromatic heterocycles. The molecule has 108 valence electrons. The molecule has 0 fully saturated rings. The fraction of sp³-hybridized carbons (Fsp3) is 0.706. The fourth-order valence-electron chi connectivity index (χ4n) is 2.08. The molecule has 0 saturated heterocycles. The Bertz CT molecular complexity index is 384. The third-order valence-electron chi connectivity index (χ3n) is 3.38. The Balaban J connectivity index is 2.32. The van der Waals surface area contributed by atoms with Gasteiger partial charge in [-0.05, 0) is 24.0 Å². The van der Waals surface area contributed by atoms with Crippen LogP contribution in [0.4, 0.5) is 0 Å². The average molecular weight is 280 g/mol. The Kier molecular flexibility index (Phi) is 6.78. The van der Waals surface area contributed by atoms with Crippen molar-refractivity contribution >= 4 is 17.1 Å². The summed E-state index contributed by atoms with van der Waals surface area (Å²) in [4.78, 5) is 14.3. The average Bonchev–Trinajstić information content (AvgIpc) is 2.82. The molecule has 0 unspecified atom stereocenters. The van der Waals surface area contributed by atoms with Gasteiger partial charge < -0.3 is 0 Å². The maximum Gasteiger partial charge on any atom is 0.172 e. The van der Waals surface area contributed by atoms with Crippen LogP contribution in [0.5, 0.6) is 0 Å². The Labute approximate surface area is 122 Å². The second-order valence-electron chi connectivity index (χ2n) is 6.35. The first-order valence-electron chi connectivity index (χ1n) is 7.58. The lowest BCUT2D eigenvalue weighted by molar-refractivity contribution is 0.0983. The highest BCUT2D eigenvalue weighted by atomic mass is 32.1. The van der Waals surface area contributed by atoms with Gasteiger partial charge in [-0.2, -0.15) is 0 Å². The van der Waals surface area contributed by atoms with Gasteiger partial charge in [0.1, 0.15) is 0 Å². The summed E-state index contributed by atoms with van der Waals surface area (Å²) in [6, 6.07) is 4.11. The lowest BCUT2D eigenvalue weighted by Crippen LogP contribution is -2.07. The van der Waals surface area contributed by atoms with Crippen molar-refractivity contribution in [2.45, 2.75) is 78.1 Å². The molecule has 1 rings (SSSR count). The fourth-order valence-corrected chi connectivity index (χ4v) is 3.11. The molecule has 0 spiro atoms. The molecule has 0 bridgehead atoms. The topological polar surface area (TPSA) is 17.1 Å². The summed E-state index contributed by atoms with van der Waals surface area (Å²) in [7, 11) is 0. The number of thiophene rings is 1. The number of hydrogen-bond donors (Lipinski definition) is 0. The highest BCUT2D eigenvalue weighted by Gasteiger charge is 2.18. The summed E-state index contributed by atoms with van der Waals surface area (Å²) in [5.74, 6) is 0.330. The van der Waals surface area contributed by atoms with Crippen molar-refractivity contribution in [3.63, 3.8) is 0 Å². The van der Waals surface area contributed by atoms with Crippen molar-refractivity contribution in [1.29, 1.82) is 0 Å². The van der Waals surface area contributed by atoms with E-state index in [1.54, 1.807) is 11.3 Å². The van der Waals surface area contributed by atoms with Gasteiger partial charge in [0, 0.05) is 11.3 Å². The van der Waals surface area contributed by atoms with Crippen molar-refractivity contribution in [3.8, 4) is 0 Å². The minimum atomic E-state index is 0.156. The number of carbonyl (C=O) groups is 1. The van der Waals surface area contributed by atoms with Gasteiger partial charge in [-0.15, -0.1) is 11.3 Å². The Morgan fingerprint density at radius 1 is 1.05 bits per heavy atom. The molecular weight excluding hydrogens is 252 g/mol. The van der Waals surface area contributed by atoms with Crippen LogP contribution in [0.2, 0.25) is 0 Å². The number of rotatable bonds is 8. The van der Waals surface area contributed by atoms with Crippen molar-refractivity contribution in [2.24, 2.45) is 0 Å². The SMILES string of the molecule is CCCCCCCCC(=O)c1ccc(C(C)(C)C)s1. The molecule has 0 radical (unpaired) electrons. The van der Waals surface area contributed by atoms with E-state index in [1.165, 1.54) is 37.0 Å². The van der Waals surface area contributed by atoms with Crippen molar-refractivity contribution in [3.05, 3.63) is 21.9 Å². The predicted octanol–water partition coefficient (Wildman–Crippen LogP) is 5.98. The molecule has 0 atom stereocenters. The quantitative estimate of drug-likeness (QED) is 0.423. The van der Waals surface area contributed by atoms with Crippen LogP contribution in [-0.4, -0.2) is 5.78 Å². The predicted molar refractivity (Wildman–Crippen MR) is 85.3 cm³/mol. The number of ketones is 1. The summed E-state index contributed by atoms with van der Waals surface area (Å²) >= 11 is 1.67. The molecule has 0 aliphatic carbocycles. The number of Topliss-reactive ketones (excluding diaryl/α,β-unsaturated/α-hetero) is 1. The maximum absolute atomic E-state index is 12.1. The third-order valence-corrected chi connectivity index (χ3v) is 4.93. The monoisotopic (exact) mass is 280 g/mol. The summed E-state index contributed by atoms with van der Waals surface area (Å²) in [5.41, 5.74) is 0.156.